The molecule has 2 N–H and O–H groups in total. The number of hydrogen-bond donors (Lipinski definition) is 1. The Balaban J connectivity index is 2.20. The van der Waals surface area contributed by atoms with Crippen molar-refractivity contribution in [1.29, 1.82) is 0 Å². The van der Waals surface area contributed by atoms with Gasteiger partial charge < -0.3 is 5.73 Å². The summed E-state index contributed by atoms with van der Waals surface area (Å²) in [5, 5.41) is 1.14. The molecule has 0 saturated carbocycles. The van der Waals surface area contributed by atoms with E-state index in [1.165, 1.54) is 17.5 Å². The fourth-order valence-electron chi connectivity index (χ4n) is 2.07. The summed E-state index contributed by atoms with van der Waals surface area (Å²) in [5.41, 5.74) is 7.01. The molecule has 0 aliphatic heterocycles. The highest BCUT2D eigenvalue weighted by molar-refractivity contribution is 7.18. The van der Waals surface area contributed by atoms with E-state index in [0.717, 1.165) is 17.1 Å². The van der Waals surface area contributed by atoms with Crippen LogP contribution in [0.2, 0.25) is 0 Å². The number of thiazole rings is 1. The van der Waals surface area contributed by atoms with Crippen LogP contribution in [0.3, 0.4) is 0 Å². The van der Waals surface area contributed by atoms with Crippen LogP contribution < -0.4 is 5.73 Å². The zero-order chi connectivity index (χ0) is 13.0. The fraction of sp³-hybridized carbons (Fsp3) is 0.500. The zero-order valence-corrected chi connectivity index (χ0v) is 11.9. The molecule has 1 unspecified atom stereocenters. The molecule has 1 atom stereocenters. The van der Waals surface area contributed by atoms with Crippen LogP contribution in [0.25, 0.3) is 10.2 Å². The number of likely N-dealkylation sites (N-methyl/N-ethyl adjacent to an activating group) is 1. The van der Waals surface area contributed by atoms with E-state index >= 15 is 0 Å². The van der Waals surface area contributed by atoms with Crippen LogP contribution >= 0.6 is 11.3 Å². The first kappa shape index (κ1) is 13.5. The molecule has 1 heterocycles. The number of nitrogens with zero attached hydrogens (tertiary/aromatic N) is 2. The Kier molecular flexibility index (Phi) is 4.69. The lowest BCUT2D eigenvalue weighted by molar-refractivity contribution is 0.246. The summed E-state index contributed by atoms with van der Waals surface area (Å²) in [6, 6.07) is 8.52. The van der Waals surface area contributed by atoms with Crippen molar-refractivity contribution in [3.8, 4) is 0 Å². The molecule has 2 rings (SSSR count). The van der Waals surface area contributed by atoms with Gasteiger partial charge in [-0.05, 0) is 32.1 Å². The Morgan fingerprint density at radius 2 is 2.17 bits per heavy atom. The fourth-order valence-corrected chi connectivity index (χ4v) is 3.21. The lowest BCUT2D eigenvalue weighted by atomic mass is 10.2. The molecule has 0 bridgehead atoms. The number of aromatic nitrogens is 1. The molecule has 0 spiro atoms. The van der Waals surface area contributed by atoms with Gasteiger partial charge in [-0.25, -0.2) is 4.98 Å². The molecule has 98 valence electrons. The van der Waals surface area contributed by atoms with E-state index in [9.17, 15) is 0 Å². The Labute approximate surface area is 113 Å². The Bertz CT molecular complexity index is 461. The van der Waals surface area contributed by atoms with Crippen LogP contribution in [0.4, 0.5) is 0 Å². The summed E-state index contributed by atoms with van der Waals surface area (Å²) in [4.78, 5) is 7.03. The molecule has 3 nitrogen and oxygen atoms in total. The van der Waals surface area contributed by atoms with Crippen LogP contribution in [0.15, 0.2) is 24.3 Å². The second kappa shape index (κ2) is 6.27. The minimum Gasteiger partial charge on any atom is -0.329 e. The summed E-state index contributed by atoms with van der Waals surface area (Å²) in [7, 11) is 2.14. The molecule has 1 aromatic carbocycles. The summed E-state index contributed by atoms with van der Waals surface area (Å²) >= 11 is 1.76. The highest BCUT2D eigenvalue weighted by Gasteiger charge is 2.18. The minimum atomic E-state index is 0.244. The van der Waals surface area contributed by atoms with Crippen LogP contribution in [-0.4, -0.2) is 30.0 Å². The monoisotopic (exact) mass is 263 g/mol. The van der Waals surface area contributed by atoms with Crippen molar-refractivity contribution in [2.75, 3.05) is 20.1 Å². The maximum atomic E-state index is 5.92. The molecule has 1 aromatic heterocycles. The average Bonchev–Trinajstić information content (AvgIpc) is 2.80. The molecule has 0 saturated heterocycles. The van der Waals surface area contributed by atoms with Crippen molar-refractivity contribution >= 4 is 21.6 Å². The van der Waals surface area contributed by atoms with Crippen molar-refractivity contribution in [3.05, 3.63) is 29.3 Å². The molecule has 0 aliphatic carbocycles. The topological polar surface area (TPSA) is 42.1 Å². The van der Waals surface area contributed by atoms with E-state index in [0.29, 0.717) is 6.54 Å². The predicted molar refractivity (Wildman–Crippen MR) is 79.0 cm³/mol. The second-order valence-corrected chi connectivity index (χ2v) is 5.67. The lowest BCUT2D eigenvalue weighted by Crippen LogP contribution is -2.31. The maximum Gasteiger partial charge on any atom is 0.112 e. The van der Waals surface area contributed by atoms with Gasteiger partial charge in [0.2, 0.25) is 0 Å². The van der Waals surface area contributed by atoms with Gasteiger partial charge in [0, 0.05) is 6.54 Å². The van der Waals surface area contributed by atoms with Gasteiger partial charge in [0.1, 0.15) is 5.01 Å². The van der Waals surface area contributed by atoms with Crippen molar-refractivity contribution in [2.45, 2.75) is 25.8 Å². The predicted octanol–water partition coefficient (Wildman–Crippen LogP) is 3.03. The number of rotatable bonds is 6. The number of para-hydroxylation sites is 1. The van der Waals surface area contributed by atoms with Crippen LogP contribution in [0.5, 0.6) is 0 Å². The summed E-state index contributed by atoms with van der Waals surface area (Å²) in [6.45, 7) is 3.91. The van der Waals surface area contributed by atoms with Gasteiger partial charge in [-0.1, -0.05) is 25.5 Å². The molecule has 18 heavy (non-hydrogen) atoms. The van der Waals surface area contributed by atoms with Gasteiger partial charge in [0.05, 0.1) is 16.3 Å². The highest BCUT2D eigenvalue weighted by Crippen LogP contribution is 2.28. The van der Waals surface area contributed by atoms with E-state index in [1.54, 1.807) is 11.3 Å². The minimum absolute atomic E-state index is 0.244. The van der Waals surface area contributed by atoms with Crippen LogP contribution in [0.1, 0.15) is 30.8 Å². The van der Waals surface area contributed by atoms with Crippen molar-refractivity contribution < 1.29 is 0 Å². The molecule has 4 heteroatoms. The number of unbranched alkanes of at least 4 members (excludes halogenated alkanes) is 1. The number of hydrogen-bond acceptors (Lipinski definition) is 4. The van der Waals surface area contributed by atoms with Gasteiger partial charge in [-0.15, -0.1) is 11.3 Å². The first-order chi connectivity index (χ1) is 8.76. The lowest BCUT2D eigenvalue weighted by Gasteiger charge is -2.24. The van der Waals surface area contributed by atoms with Crippen molar-refractivity contribution in [3.63, 3.8) is 0 Å². The quantitative estimate of drug-likeness (QED) is 0.871. The third-order valence-corrected chi connectivity index (χ3v) is 4.35. The molecule has 0 radical (unpaired) electrons. The van der Waals surface area contributed by atoms with Gasteiger partial charge in [-0.2, -0.15) is 0 Å². The molecular weight excluding hydrogens is 242 g/mol. The molecular formula is C14H21N3S. The Morgan fingerprint density at radius 3 is 2.83 bits per heavy atom. The van der Waals surface area contributed by atoms with E-state index in [4.69, 9.17) is 10.7 Å². The SMILES string of the molecule is CCCCN(C)C(CN)c1nc2ccccc2s1. The van der Waals surface area contributed by atoms with Crippen LogP contribution in [0, 0.1) is 0 Å². The van der Waals surface area contributed by atoms with E-state index in [1.807, 2.05) is 6.07 Å². The number of nitrogens with two attached hydrogens (primary N) is 1. The summed E-state index contributed by atoms with van der Waals surface area (Å²) in [5.74, 6) is 0. The Morgan fingerprint density at radius 1 is 1.39 bits per heavy atom. The summed E-state index contributed by atoms with van der Waals surface area (Å²) < 4.78 is 1.25. The summed E-state index contributed by atoms with van der Waals surface area (Å²) in [6.07, 6.45) is 2.42. The number of fused-ring (bicyclic) bond motifs is 1. The van der Waals surface area contributed by atoms with Gasteiger partial charge in [0.15, 0.2) is 0 Å². The maximum absolute atomic E-state index is 5.92. The second-order valence-electron chi connectivity index (χ2n) is 4.61. The third kappa shape index (κ3) is 2.88. The molecule has 0 amide bonds. The normalized spacial score (nSPS) is 13.3. The van der Waals surface area contributed by atoms with E-state index in [-0.39, 0.29) is 6.04 Å². The third-order valence-electron chi connectivity index (χ3n) is 3.22. The van der Waals surface area contributed by atoms with Crippen LogP contribution in [-0.2, 0) is 0 Å². The number of benzene rings is 1. The molecule has 2 aromatic rings. The van der Waals surface area contributed by atoms with Crippen molar-refractivity contribution in [1.82, 2.24) is 9.88 Å². The molecule has 0 fully saturated rings. The zero-order valence-electron chi connectivity index (χ0n) is 11.1. The van der Waals surface area contributed by atoms with Gasteiger partial charge in [0.25, 0.3) is 0 Å². The van der Waals surface area contributed by atoms with E-state index < -0.39 is 0 Å². The smallest absolute Gasteiger partial charge is 0.112 e. The first-order valence-corrected chi connectivity index (χ1v) is 7.33. The molecule has 0 aliphatic rings. The van der Waals surface area contributed by atoms with Gasteiger partial charge >= 0.3 is 0 Å². The highest BCUT2D eigenvalue weighted by atomic mass is 32.1. The standard InChI is InChI=1S/C14H21N3S/c1-3-4-9-17(2)12(10-15)14-16-11-7-5-6-8-13(11)18-14/h5-8,12H,3-4,9-10,15H2,1-2H3. The first-order valence-electron chi connectivity index (χ1n) is 6.52. The Hall–Kier alpha value is -0.970. The largest absolute Gasteiger partial charge is 0.329 e. The van der Waals surface area contributed by atoms with Gasteiger partial charge in [-0.3, -0.25) is 4.90 Å². The van der Waals surface area contributed by atoms with Crippen molar-refractivity contribution in [2.24, 2.45) is 5.73 Å². The average molecular weight is 263 g/mol. The van der Waals surface area contributed by atoms with E-state index in [2.05, 4.69) is 37.1 Å².